The molecule has 0 radical (unpaired) electrons. The number of hydrogen-bond donors (Lipinski definition) is 0. The fraction of sp³-hybridized carbons (Fsp3) is 0.846. The van der Waals surface area contributed by atoms with E-state index in [2.05, 4.69) is 15.4 Å². The number of aromatic nitrogens is 4. The first kappa shape index (κ1) is 15.5. The van der Waals surface area contributed by atoms with Gasteiger partial charge in [0.25, 0.3) is 5.95 Å². The Kier molecular flexibility index (Phi) is 4.34. The monoisotopic (exact) mass is 296 g/mol. The van der Waals surface area contributed by atoms with Crippen molar-refractivity contribution >= 4 is 12.0 Å². The molecule has 1 fully saturated rings. The van der Waals surface area contributed by atoms with E-state index in [0.29, 0.717) is 32.1 Å². The summed E-state index contributed by atoms with van der Waals surface area (Å²) in [5.41, 5.74) is -0.463. The summed E-state index contributed by atoms with van der Waals surface area (Å²) in [6.45, 7) is 12.2. The van der Waals surface area contributed by atoms with Crippen LogP contribution in [-0.4, -0.2) is 63.0 Å². The predicted octanol–water partition coefficient (Wildman–Crippen LogP) is 1.31. The van der Waals surface area contributed by atoms with Gasteiger partial charge in [0.1, 0.15) is 5.60 Å². The Labute approximate surface area is 125 Å². The number of amides is 1. The van der Waals surface area contributed by atoms with Gasteiger partial charge in [-0.15, -0.1) is 5.10 Å². The summed E-state index contributed by atoms with van der Waals surface area (Å²) in [7, 11) is 0. The van der Waals surface area contributed by atoms with Gasteiger partial charge in [-0.05, 0) is 39.8 Å². The summed E-state index contributed by atoms with van der Waals surface area (Å²) >= 11 is 0. The molecule has 1 aliphatic heterocycles. The van der Waals surface area contributed by atoms with Crippen LogP contribution in [-0.2, 0) is 4.74 Å². The summed E-state index contributed by atoms with van der Waals surface area (Å²) in [5.74, 6) is 0.618. The smallest absolute Gasteiger partial charge is 0.410 e. The van der Waals surface area contributed by atoms with Crippen molar-refractivity contribution in [1.29, 1.82) is 0 Å². The van der Waals surface area contributed by atoms with Crippen LogP contribution in [0, 0.1) is 0 Å². The summed E-state index contributed by atoms with van der Waals surface area (Å²) in [5, 5.41) is 12.4. The number of piperazine rings is 1. The minimum absolute atomic E-state index is 0.189. The molecule has 8 heteroatoms. The SMILES string of the molecule is CC(C)n1nnc(N2CCN(C(=O)OC(C)(C)C)CC2)n1. The zero-order chi connectivity index (χ0) is 15.6. The summed E-state index contributed by atoms with van der Waals surface area (Å²) < 4.78 is 5.37. The average Bonchev–Trinajstić information content (AvgIpc) is 2.86. The van der Waals surface area contributed by atoms with E-state index in [1.807, 2.05) is 39.5 Å². The molecule has 0 atom stereocenters. The van der Waals surface area contributed by atoms with E-state index < -0.39 is 5.60 Å². The number of ether oxygens (including phenoxy) is 1. The van der Waals surface area contributed by atoms with Crippen LogP contribution in [0.3, 0.4) is 0 Å². The van der Waals surface area contributed by atoms with E-state index in [1.54, 1.807) is 9.70 Å². The van der Waals surface area contributed by atoms with Gasteiger partial charge in [-0.2, -0.15) is 4.80 Å². The Balaban J connectivity index is 1.89. The quantitative estimate of drug-likeness (QED) is 0.819. The Bertz CT molecular complexity index is 485. The van der Waals surface area contributed by atoms with Crippen LogP contribution in [0.15, 0.2) is 0 Å². The molecule has 0 aromatic carbocycles. The molecular formula is C13H24N6O2. The second-order valence-corrected chi connectivity index (χ2v) is 6.46. The van der Waals surface area contributed by atoms with Gasteiger partial charge in [-0.3, -0.25) is 0 Å². The fourth-order valence-electron chi connectivity index (χ4n) is 1.98. The Morgan fingerprint density at radius 2 is 1.81 bits per heavy atom. The van der Waals surface area contributed by atoms with Gasteiger partial charge in [-0.25, -0.2) is 4.79 Å². The van der Waals surface area contributed by atoms with E-state index >= 15 is 0 Å². The highest BCUT2D eigenvalue weighted by Crippen LogP contribution is 2.14. The lowest BCUT2D eigenvalue weighted by Crippen LogP contribution is -2.50. The third-order valence-electron chi connectivity index (χ3n) is 3.09. The molecule has 1 amide bonds. The van der Waals surface area contributed by atoms with E-state index in [1.165, 1.54) is 0 Å². The van der Waals surface area contributed by atoms with Gasteiger partial charge in [-0.1, -0.05) is 5.10 Å². The van der Waals surface area contributed by atoms with Crippen LogP contribution in [0.25, 0.3) is 0 Å². The van der Waals surface area contributed by atoms with Crippen LogP contribution >= 0.6 is 0 Å². The van der Waals surface area contributed by atoms with Gasteiger partial charge >= 0.3 is 6.09 Å². The number of nitrogens with zero attached hydrogens (tertiary/aromatic N) is 6. The summed E-state index contributed by atoms with van der Waals surface area (Å²) in [6, 6.07) is 0.189. The number of carbonyl (C=O) groups is 1. The number of hydrogen-bond acceptors (Lipinski definition) is 6. The maximum atomic E-state index is 12.0. The molecule has 0 saturated carbocycles. The highest BCUT2D eigenvalue weighted by atomic mass is 16.6. The van der Waals surface area contributed by atoms with Gasteiger partial charge in [0.05, 0.1) is 6.04 Å². The number of anilines is 1. The minimum atomic E-state index is -0.463. The second kappa shape index (κ2) is 5.87. The minimum Gasteiger partial charge on any atom is -0.444 e. The lowest BCUT2D eigenvalue weighted by atomic mass is 10.2. The Hall–Kier alpha value is -1.86. The molecule has 1 aromatic heterocycles. The van der Waals surface area contributed by atoms with E-state index in [0.717, 1.165) is 0 Å². The standard InChI is InChI=1S/C13H24N6O2/c1-10(2)19-15-11(14-16-19)17-6-8-18(9-7-17)12(20)21-13(3,4)5/h10H,6-9H2,1-5H3. The molecule has 118 valence electrons. The van der Waals surface area contributed by atoms with Gasteiger partial charge in [0.15, 0.2) is 0 Å². The van der Waals surface area contributed by atoms with E-state index in [-0.39, 0.29) is 12.1 Å². The molecule has 0 spiro atoms. The number of carbonyl (C=O) groups excluding carboxylic acids is 1. The van der Waals surface area contributed by atoms with E-state index in [9.17, 15) is 4.79 Å². The van der Waals surface area contributed by atoms with Crippen LogP contribution in [0.5, 0.6) is 0 Å². The zero-order valence-corrected chi connectivity index (χ0v) is 13.4. The molecule has 0 N–H and O–H groups in total. The summed E-state index contributed by atoms with van der Waals surface area (Å²) in [6.07, 6.45) is -0.263. The fourth-order valence-corrected chi connectivity index (χ4v) is 1.98. The van der Waals surface area contributed by atoms with Crippen LogP contribution in [0.2, 0.25) is 0 Å². The highest BCUT2D eigenvalue weighted by Gasteiger charge is 2.27. The molecule has 2 rings (SSSR count). The van der Waals surface area contributed by atoms with Crippen molar-refractivity contribution in [2.45, 2.75) is 46.3 Å². The van der Waals surface area contributed by atoms with Crippen molar-refractivity contribution < 1.29 is 9.53 Å². The van der Waals surface area contributed by atoms with E-state index in [4.69, 9.17) is 4.74 Å². The topological polar surface area (TPSA) is 76.4 Å². The normalized spacial score (nSPS) is 16.5. The van der Waals surface area contributed by atoms with Gasteiger partial charge in [0, 0.05) is 26.2 Å². The van der Waals surface area contributed by atoms with Crippen molar-refractivity contribution in [2.75, 3.05) is 31.1 Å². The second-order valence-electron chi connectivity index (χ2n) is 6.46. The third kappa shape index (κ3) is 4.05. The molecule has 1 saturated heterocycles. The lowest BCUT2D eigenvalue weighted by Gasteiger charge is -2.34. The zero-order valence-electron chi connectivity index (χ0n) is 13.4. The molecule has 21 heavy (non-hydrogen) atoms. The average molecular weight is 296 g/mol. The lowest BCUT2D eigenvalue weighted by molar-refractivity contribution is 0.0240. The first-order chi connectivity index (χ1) is 9.76. The molecular weight excluding hydrogens is 272 g/mol. The van der Waals surface area contributed by atoms with Gasteiger partial charge < -0.3 is 14.5 Å². The van der Waals surface area contributed by atoms with Crippen molar-refractivity contribution in [3.63, 3.8) is 0 Å². The Morgan fingerprint density at radius 1 is 1.19 bits per heavy atom. The first-order valence-corrected chi connectivity index (χ1v) is 7.28. The molecule has 8 nitrogen and oxygen atoms in total. The molecule has 0 bridgehead atoms. The first-order valence-electron chi connectivity index (χ1n) is 7.28. The molecule has 1 aliphatic rings. The maximum Gasteiger partial charge on any atom is 0.410 e. The van der Waals surface area contributed by atoms with Crippen molar-refractivity contribution in [2.24, 2.45) is 0 Å². The van der Waals surface area contributed by atoms with Crippen LogP contribution < -0.4 is 4.90 Å². The van der Waals surface area contributed by atoms with Gasteiger partial charge in [0.2, 0.25) is 0 Å². The summed E-state index contributed by atoms with van der Waals surface area (Å²) in [4.78, 5) is 17.3. The van der Waals surface area contributed by atoms with Crippen molar-refractivity contribution in [1.82, 2.24) is 25.1 Å². The molecule has 1 aromatic rings. The molecule has 2 heterocycles. The number of rotatable bonds is 2. The Morgan fingerprint density at radius 3 is 2.29 bits per heavy atom. The predicted molar refractivity (Wildman–Crippen MR) is 78.2 cm³/mol. The van der Waals surface area contributed by atoms with Crippen LogP contribution in [0.4, 0.5) is 10.7 Å². The largest absolute Gasteiger partial charge is 0.444 e. The highest BCUT2D eigenvalue weighted by molar-refractivity contribution is 5.68. The third-order valence-corrected chi connectivity index (χ3v) is 3.09. The molecule has 0 unspecified atom stereocenters. The van der Waals surface area contributed by atoms with Crippen molar-refractivity contribution in [3.05, 3.63) is 0 Å². The van der Waals surface area contributed by atoms with Crippen molar-refractivity contribution in [3.8, 4) is 0 Å². The maximum absolute atomic E-state index is 12.0. The number of tetrazole rings is 1. The molecule has 0 aliphatic carbocycles. The van der Waals surface area contributed by atoms with Crippen LogP contribution in [0.1, 0.15) is 40.7 Å².